The van der Waals surface area contributed by atoms with E-state index in [-0.39, 0.29) is 10.7 Å². The van der Waals surface area contributed by atoms with Crippen LogP contribution in [0.3, 0.4) is 0 Å². The summed E-state index contributed by atoms with van der Waals surface area (Å²) in [6.07, 6.45) is 0. The van der Waals surface area contributed by atoms with Crippen LogP contribution in [0.5, 0.6) is 0 Å². The summed E-state index contributed by atoms with van der Waals surface area (Å²) in [6.45, 7) is 3.46. The third-order valence-corrected chi connectivity index (χ3v) is 4.22. The number of nitrogens with zero attached hydrogens (tertiary/aromatic N) is 1. The Kier molecular flexibility index (Phi) is 3.99. The molecule has 0 saturated heterocycles. The van der Waals surface area contributed by atoms with Crippen molar-refractivity contribution in [3.05, 3.63) is 65.5 Å². The monoisotopic (exact) mass is 291 g/mol. The van der Waals surface area contributed by atoms with Crippen LogP contribution in [0.2, 0.25) is 0 Å². The van der Waals surface area contributed by atoms with Gasteiger partial charge in [-0.15, -0.1) is 0 Å². The lowest BCUT2D eigenvalue weighted by Crippen LogP contribution is -2.03. The highest BCUT2D eigenvalue weighted by Crippen LogP contribution is 2.15. The van der Waals surface area contributed by atoms with Crippen LogP contribution < -0.4 is 0 Å². The van der Waals surface area contributed by atoms with Crippen molar-refractivity contribution in [3.63, 3.8) is 0 Å². The maximum absolute atomic E-state index is 12.8. The lowest BCUT2D eigenvalue weighted by Gasteiger charge is -2.03. The molecule has 2 aromatic carbocycles. The lowest BCUT2D eigenvalue weighted by atomic mass is 10.1. The van der Waals surface area contributed by atoms with Crippen molar-refractivity contribution in [3.8, 4) is 0 Å². The Morgan fingerprint density at radius 1 is 1.00 bits per heavy atom. The van der Waals surface area contributed by atoms with Gasteiger partial charge in [0, 0.05) is 0 Å². The normalized spacial score (nSPS) is 12.4. The average Bonchev–Trinajstić information content (AvgIpc) is 2.39. The summed E-state index contributed by atoms with van der Waals surface area (Å²) in [5, 5.41) is 0. The van der Waals surface area contributed by atoms with Crippen molar-refractivity contribution in [1.29, 1.82) is 0 Å². The predicted molar refractivity (Wildman–Crippen MR) is 77.0 cm³/mol. The van der Waals surface area contributed by atoms with Crippen molar-refractivity contribution in [2.24, 2.45) is 4.40 Å². The Morgan fingerprint density at radius 2 is 1.55 bits per heavy atom. The summed E-state index contributed by atoms with van der Waals surface area (Å²) in [4.78, 5) is 0.143. The number of hydrogen-bond acceptors (Lipinski definition) is 2. The molecule has 0 aliphatic heterocycles. The Hall–Kier alpha value is -2.01. The van der Waals surface area contributed by atoms with Gasteiger partial charge in [-0.3, -0.25) is 0 Å². The molecule has 104 valence electrons. The first kappa shape index (κ1) is 14.4. The van der Waals surface area contributed by atoms with Gasteiger partial charge < -0.3 is 0 Å². The van der Waals surface area contributed by atoms with Crippen LogP contribution in [-0.2, 0) is 10.0 Å². The summed E-state index contributed by atoms with van der Waals surface area (Å²) in [5.74, 6) is -0.372. The van der Waals surface area contributed by atoms with E-state index >= 15 is 0 Å². The van der Waals surface area contributed by atoms with E-state index in [9.17, 15) is 12.8 Å². The summed E-state index contributed by atoms with van der Waals surface area (Å²) < 4.78 is 40.9. The van der Waals surface area contributed by atoms with Crippen molar-refractivity contribution < 1.29 is 12.8 Å². The maximum Gasteiger partial charge on any atom is 0.282 e. The number of benzene rings is 2. The van der Waals surface area contributed by atoms with Crippen LogP contribution in [0.25, 0.3) is 0 Å². The van der Waals surface area contributed by atoms with Crippen molar-refractivity contribution in [2.75, 3.05) is 0 Å². The van der Waals surface area contributed by atoms with Crippen LogP contribution in [0.15, 0.2) is 57.8 Å². The van der Waals surface area contributed by atoms with E-state index in [1.165, 1.54) is 36.4 Å². The van der Waals surface area contributed by atoms with E-state index in [1.54, 1.807) is 19.1 Å². The van der Waals surface area contributed by atoms with Gasteiger partial charge in [-0.1, -0.05) is 29.8 Å². The molecule has 3 nitrogen and oxygen atoms in total. The molecule has 2 aromatic rings. The largest absolute Gasteiger partial charge is 0.282 e. The lowest BCUT2D eigenvalue weighted by molar-refractivity contribution is 0.598. The van der Waals surface area contributed by atoms with Crippen molar-refractivity contribution >= 4 is 15.7 Å². The minimum Gasteiger partial charge on any atom is -0.207 e. The molecule has 0 atom stereocenters. The molecule has 0 aromatic heterocycles. The van der Waals surface area contributed by atoms with E-state index in [4.69, 9.17) is 0 Å². The second kappa shape index (κ2) is 5.54. The predicted octanol–water partition coefficient (Wildman–Crippen LogP) is 3.33. The molecule has 0 bridgehead atoms. The summed E-state index contributed by atoms with van der Waals surface area (Å²) in [5.41, 5.74) is 1.87. The molecule has 0 amide bonds. The SMILES string of the molecule is C/C(=N\S(=O)(=O)c1ccc(C)cc1)c1ccc(F)cc1. The van der Waals surface area contributed by atoms with Crippen LogP contribution in [0.1, 0.15) is 18.1 Å². The fourth-order valence-corrected chi connectivity index (χ4v) is 2.74. The molecular formula is C15H14FNO2S. The third-order valence-electron chi connectivity index (χ3n) is 2.84. The van der Waals surface area contributed by atoms with Crippen molar-refractivity contribution in [1.82, 2.24) is 0 Å². The third kappa shape index (κ3) is 3.30. The zero-order valence-electron chi connectivity index (χ0n) is 11.2. The quantitative estimate of drug-likeness (QED) is 0.814. The van der Waals surface area contributed by atoms with Crippen LogP contribution in [0, 0.1) is 12.7 Å². The topological polar surface area (TPSA) is 46.5 Å². The van der Waals surface area contributed by atoms with Gasteiger partial charge in [0.2, 0.25) is 0 Å². The van der Waals surface area contributed by atoms with E-state index in [0.29, 0.717) is 11.3 Å². The van der Waals surface area contributed by atoms with Gasteiger partial charge in [0.15, 0.2) is 0 Å². The minimum atomic E-state index is -3.74. The average molecular weight is 291 g/mol. The number of sulfonamides is 1. The van der Waals surface area contributed by atoms with Gasteiger partial charge in [-0.2, -0.15) is 12.8 Å². The highest BCUT2D eigenvalue weighted by Gasteiger charge is 2.13. The Bertz CT molecular complexity index is 732. The van der Waals surface area contributed by atoms with E-state index in [2.05, 4.69) is 4.40 Å². The number of rotatable bonds is 3. The fraction of sp³-hybridized carbons (Fsp3) is 0.133. The van der Waals surface area contributed by atoms with Gasteiger partial charge >= 0.3 is 0 Å². The van der Waals surface area contributed by atoms with Gasteiger partial charge in [-0.05, 0) is 43.7 Å². The molecule has 0 heterocycles. The zero-order valence-corrected chi connectivity index (χ0v) is 12.0. The van der Waals surface area contributed by atoms with Crippen molar-refractivity contribution in [2.45, 2.75) is 18.7 Å². The fourth-order valence-electron chi connectivity index (χ4n) is 1.69. The summed E-state index contributed by atoms with van der Waals surface area (Å²) in [6, 6.07) is 12.0. The maximum atomic E-state index is 12.8. The smallest absolute Gasteiger partial charge is 0.207 e. The standard InChI is InChI=1S/C15H14FNO2S/c1-11-3-9-15(10-4-11)20(18,19)17-12(2)13-5-7-14(16)8-6-13/h3-10H,1-2H3/b17-12+. The molecule has 0 saturated carbocycles. The molecule has 0 radical (unpaired) electrons. The van der Waals surface area contributed by atoms with Gasteiger partial charge in [0.05, 0.1) is 10.6 Å². The zero-order chi connectivity index (χ0) is 14.8. The Balaban J connectivity index is 2.37. The molecule has 0 spiro atoms. The minimum absolute atomic E-state index is 0.143. The molecule has 0 N–H and O–H groups in total. The molecule has 0 unspecified atom stereocenters. The highest BCUT2D eigenvalue weighted by atomic mass is 32.2. The van der Waals surface area contributed by atoms with Gasteiger partial charge in [-0.25, -0.2) is 4.39 Å². The van der Waals surface area contributed by atoms with Gasteiger partial charge in [0.25, 0.3) is 10.0 Å². The highest BCUT2D eigenvalue weighted by molar-refractivity contribution is 7.90. The molecular weight excluding hydrogens is 277 g/mol. The summed E-state index contributed by atoms with van der Waals surface area (Å²) in [7, 11) is -3.74. The number of hydrogen-bond donors (Lipinski definition) is 0. The van der Waals surface area contributed by atoms with Crippen LogP contribution in [0.4, 0.5) is 4.39 Å². The molecule has 0 aliphatic carbocycles. The van der Waals surface area contributed by atoms with Crippen LogP contribution >= 0.6 is 0 Å². The van der Waals surface area contributed by atoms with E-state index in [1.807, 2.05) is 6.92 Å². The molecule has 5 heteroatoms. The second-order valence-corrected chi connectivity index (χ2v) is 6.08. The van der Waals surface area contributed by atoms with Gasteiger partial charge in [0.1, 0.15) is 5.82 Å². The first-order chi connectivity index (χ1) is 9.38. The van der Waals surface area contributed by atoms with E-state index in [0.717, 1.165) is 5.56 Å². The first-order valence-electron chi connectivity index (χ1n) is 6.03. The molecule has 20 heavy (non-hydrogen) atoms. The molecule has 0 fully saturated rings. The number of halogens is 1. The second-order valence-electron chi connectivity index (χ2n) is 4.47. The summed E-state index contributed by atoms with van der Waals surface area (Å²) >= 11 is 0. The van der Waals surface area contributed by atoms with Crippen LogP contribution in [-0.4, -0.2) is 14.1 Å². The Morgan fingerprint density at radius 3 is 2.10 bits per heavy atom. The first-order valence-corrected chi connectivity index (χ1v) is 7.47. The number of aryl methyl sites for hydroxylation is 1. The Labute approximate surface area is 117 Å². The van der Waals surface area contributed by atoms with E-state index < -0.39 is 10.0 Å². The molecule has 0 aliphatic rings. The molecule has 2 rings (SSSR count).